The van der Waals surface area contributed by atoms with Crippen molar-refractivity contribution in [3.63, 3.8) is 0 Å². The van der Waals surface area contributed by atoms with E-state index in [2.05, 4.69) is 42.9 Å². The van der Waals surface area contributed by atoms with Crippen LogP contribution in [0.4, 0.5) is 5.82 Å². The third-order valence-corrected chi connectivity index (χ3v) is 9.43. The number of fused-ring (bicyclic) bond motifs is 1. The van der Waals surface area contributed by atoms with Gasteiger partial charge in [0.2, 0.25) is 5.60 Å². The van der Waals surface area contributed by atoms with Gasteiger partial charge in [-0.3, -0.25) is 9.32 Å². The molecule has 1 aliphatic heterocycles. The van der Waals surface area contributed by atoms with Gasteiger partial charge in [0.1, 0.15) is 48.0 Å². The maximum absolute atomic E-state index is 14.1. The molecular weight excluding hydrogens is 615 g/mol. The van der Waals surface area contributed by atoms with Crippen LogP contribution in [0.25, 0.3) is 5.52 Å². The number of hydrogen-bond acceptors (Lipinski definition) is 12. The molecule has 4 rings (SSSR count). The van der Waals surface area contributed by atoms with E-state index in [1.54, 1.807) is 18.2 Å². The van der Waals surface area contributed by atoms with Crippen LogP contribution in [-0.4, -0.2) is 68.3 Å². The average Bonchev–Trinajstić information content (AvgIpc) is 3.56. The van der Waals surface area contributed by atoms with E-state index >= 15 is 0 Å². The lowest BCUT2D eigenvalue weighted by Gasteiger charge is -2.26. The van der Waals surface area contributed by atoms with Crippen molar-refractivity contribution >= 4 is 25.1 Å². The van der Waals surface area contributed by atoms with E-state index in [4.69, 9.17) is 24.3 Å². The molecule has 0 saturated carbocycles. The van der Waals surface area contributed by atoms with E-state index in [0.717, 1.165) is 24.8 Å². The highest BCUT2D eigenvalue weighted by atomic mass is 31.2. The number of ether oxygens (including phenoxy) is 2. The van der Waals surface area contributed by atoms with Crippen LogP contribution in [0.2, 0.25) is 0 Å². The zero-order chi connectivity index (χ0) is 33.7. The van der Waals surface area contributed by atoms with Crippen molar-refractivity contribution in [1.82, 2.24) is 19.7 Å². The minimum absolute atomic E-state index is 0.0972. The Hall–Kier alpha value is -3.57. The molecule has 0 spiro atoms. The number of nitrogen functional groups attached to an aromatic ring is 1. The fourth-order valence-corrected chi connectivity index (χ4v) is 6.59. The number of carbonyl (C=O) groups excluding carboxylic acids is 1. The van der Waals surface area contributed by atoms with Crippen molar-refractivity contribution in [3.8, 4) is 11.8 Å². The van der Waals surface area contributed by atoms with Gasteiger partial charge in [0.25, 0.3) is 0 Å². The van der Waals surface area contributed by atoms with Gasteiger partial charge in [0, 0.05) is 0 Å². The number of nitriles is 1. The molecule has 0 amide bonds. The molecule has 1 unspecified atom stereocenters. The number of benzene rings is 1. The molecule has 5 N–H and O–H groups in total. The molecule has 46 heavy (non-hydrogen) atoms. The third-order valence-electron chi connectivity index (χ3n) is 7.79. The fourth-order valence-electron chi connectivity index (χ4n) is 5.08. The number of esters is 1. The van der Waals surface area contributed by atoms with Gasteiger partial charge in [-0.15, -0.1) is 0 Å². The van der Waals surface area contributed by atoms with E-state index in [1.165, 1.54) is 23.8 Å². The number of nitrogens with one attached hydrogen (secondary N) is 1. The lowest BCUT2D eigenvalue weighted by atomic mass is 9.87. The van der Waals surface area contributed by atoms with Crippen LogP contribution >= 0.6 is 7.75 Å². The fraction of sp³-hybridized carbons (Fsp3) is 0.548. The number of unbranched alkanes of at least 4 members (excludes halogenated alkanes) is 3. The quantitative estimate of drug-likeness (QED) is 0.111. The molecule has 250 valence electrons. The number of aliphatic hydroxyl groups is 2. The van der Waals surface area contributed by atoms with E-state index in [-0.39, 0.29) is 29.3 Å². The highest BCUT2D eigenvalue weighted by molar-refractivity contribution is 7.52. The van der Waals surface area contributed by atoms with Gasteiger partial charge in [-0.2, -0.15) is 15.4 Å². The first-order valence-electron chi connectivity index (χ1n) is 15.3. The van der Waals surface area contributed by atoms with Gasteiger partial charge >= 0.3 is 13.7 Å². The summed E-state index contributed by atoms with van der Waals surface area (Å²) in [5.41, 5.74) is 5.17. The molecule has 15 heteroatoms. The Balaban J connectivity index is 1.54. The Morgan fingerprint density at radius 1 is 1.22 bits per heavy atom. The summed E-state index contributed by atoms with van der Waals surface area (Å²) in [5, 5.41) is 39.0. The Morgan fingerprint density at radius 3 is 2.59 bits per heavy atom. The number of carbonyl (C=O) groups is 1. The molecular formula is C31H43N6O8P. The van der Waals surface area contributed by atoms with Crippen LogP contribution < -0.4 is 15.3 Å². The van der Waals surface area contributed by atoms with Crippen LogP contribution in [0.1, 0.15) is 71.6 Å². The van der Waals surface area contributed by atoms with Crippen LogP contribution in [0.3, 0.4) is 0 Å². The number of hydrogen-bond donors (Lipinski definition) is 4. The van der Waals surface area contributed by atoms with Gasteiger partial charge in [-0.05, 0) is 48.6 Å². The van der Waals surface area contributed by atoms with Crippen LogP contribution in [-0.2, 0) is 34.4 Å². The lowest BCUT2D eigenvalue weighted by Crippen LogP contribution is -2.41. The summed E-state index contributed by atoms with van der Waals surface area (Å²) in [6.45, 7) is 9.32. The van der Waals surface area contributed by atoms with Crippen molar-refractivity contribution in [1.29, 1.82) is 5.26 Å². The lowest BCUT2D eigenvalue weighted by molar-refractivity contribution is -0.145. The first-order valence-corrected chi connectivity index (χ1v) is 16.8. The van der Waals surface area contributed by atoms with Gasteiger partial charge in [-0.25, -0.2) is 14.1 Å². The molecule has 0 aliphatic carbocycles. The number of nitrogens with two attached hydrogens (primary N) is 1. The molecule has 2 aromatic heterocycles. The summed E-state index contributed by atoms with van der Waals surface area (Å²) in [7, 11) is -4.36. The predicted molar refractivity (Wildman–Crippen MR) is 169 cm³/mol. The minimum atomic E-state index is -4.36. The van der Waals surface area contributed by atoms with Crippen molar-refractivity contribution in [2.45, 2.75) is 95.7 Å². The topological polar surface area (TPSA) is 204 Å². The van der Waals surface area contributed by atoms with Crippen molar-refractivity contribution in [2.24, 2.45) is 0 Å². The number of nitrogens with zero attached hydrogens (tertiary/aromatic N) is 4. The number of anilines is 1. The molecule has 3 aromatic rings. The number of rotatable bonds is 14. The second-order valence-electron chi connectivity index (χ2n) is 12.3. The molecule has 14 nitrogen and oxygen atoms in total. The van der Waals surface area contributed by atoms with Crippen molar-refractivity contribution in [2.75, 3.05) is 18.9 Å². The van der Waals surface area contributed by atoms with Crippen LogP contribution in [0.15, 0.2) is 42.7 Å². The Bertz CT molecular complexity index is 1590. The summed E-state index contributed by atoms with van der Waals surface area (Å²) in [4.78, 5) is 16.7. The van der Waals surface area contributed by atoms with Crippen LogP contribution in [0.5, 0.6) is 5.75 Å². The average molecular weight is 659 g/mol. The largest absolute Gasteiger partial charge is 0.465 e. The summed E-state index contributed by atoms with van der Waals surface area (Å²) < 4.78 is 38.3. The summed E-state index contributed by atoms with van der Waals surface area (Å²) in [6.07, 6.45) is 0.122. The highest BCUT2D eigenvalue weighted by Crippen LogP contribution is 2.47. The van der Waals surface area contributed by atoms with Gasteiger partial charge in [0.05, 0.1) is 18.9 Å². The van der Waals surface area contributed by atoms with Crippen LogP contribution in [0, 0.1) is 11.3 Å². The second kappa shape index (κ2) is 14.5. The molecule has 6 atom stereocenters. The molecule has 0 radical (unpaired) electrons. The predicted octanol–water partition coefficient (Wildman–Crippen LogP) is 3.75. The molecule has 0 bridgehead atoms. The normalized spacial score (nSPS) is 23.5. The van der Waals surface area contributed by atoms with E-state index in [1.807, 2.05) is 18.2 Å². The molecule has 1 saturated heterocycles. The zero-order valence-electron chi connectivity index (χ0n) is 26.8. The summed E-state index contributed by atoms with van der Waals surface area (Å²) in [5.74, 6) is -0.319. The van der Waals surface area contributed by atoms with E-state index in [0.29, 0.717) is 11.9 Å². The van der Waals surface area contributed by atoms with E-state index in [9.17, 15) is 24.8 Å². The standard InChI is InChI=1S/C31H43N6O8P/c1-6-7-8-9-16-42-29(40)20(2)36-46(41,45-22-12-10-21(11-13-22)30(3,4)5)43-17-24-26(38)27(39)31(18-32,44-24)25-15-14-23-28(33)34-19-35-37(23)25/h10-15,19-20,24,26-27,38-39H,6-9,16-17H2,1-5H3,(H,36,41)(H2,33,34,35)/t20-,24+,26+,27+,31-,46?/m0/s1. The first kappa shape index (κ1) is 35.3. The van der Waals surface area contributed by atoms with Gasteiger partial charge < -0.3 is 29.9 Å². The Morgan fingerprint density at radius 2 is 1.93 bits per heavy atom. The molecule has 1 aromatic carbocycles. The second-order valence-corrected chi connectivity index (χ2v) is 14.0. The monoisotopic (exact) mass is 658 g/mol. The SMILES string of the molecule is CCCCCCOC(=O)[C@H](C)NP(=O)(OC[C@H]1O[C@@](C#N)(c2ccc3c(N)ncnn23)[C@H](O)[C@@H]1O)Oc1ccc(C(C)(C)C)cc1. The highest BCUT2D eigenvalue weighted by Gasteiger charge is 2.58. The van der Waals surface area contributed by atoms with Gasteiger partial charge in [-0.1, -0.05) is 59.1 Å². The zero-order valence-corrected chi connectivity index (χ0v) is 27.6. The Kier molecular flexibility index (Phi) is 11.1. The smallest absolute Gasteiger partial charge is 0.459 e. The summed E-state index contributed by atoms with van der Waals surface area (Å²) >= 11 is 0. The first-order chi connectivity index (χ1) is 21.7. The molecule has 1 aliphatic rings. The Labute approximate surface area is 268 Å². The minimum Gasteiger partial charge on any atom is -0.465 e. The third kappa shape index (κ3) is 7.69. The van der Waals surface area contributed by atoms with Crippen molar-refractivity contribution < 1.29 is 38.1 Å². The van der Waals surface area contributed by atoms with Crippen molar-refractivity contribution in [3.05, 3.63) is 54.0 Å². The van der Waals surface area contributed by atoms with E-state index < -0.39 is 50.3 Å². The van der Waals surface area contributed by atoms with Gasteiger partial charge in [0.15, 0.2) is 5.82 Å². The maximum atomic E-state index is 14.1. The summed E-state index contributed by atoms with van der Waals surface area (Å²) in [6, 6.07) is 10.8. The molecule has 1 fully saturated rings. The molecule has 3 heterocycles. The number of aliphatic hydroxyl groups excluding tert-OH is 2. The number of aromatic nitrogens is 3. The maximum Gasteiger partial charge on any atom is 0.459 e.